The van der Waals surface area contributed by atoms with E-state index < -0.39 is 35.3 Å². The Morgan fingerprint density at radius 3 is 2.65 bits per heavy atom. The number of H-pyrrole nitrogens is 1. The third-order valence-electron chi connectivity index (χ3n) is 4.63. The molecule has 3 N–H and O–H groups in total. The van der Waals surface area contributed by atoms with E-state index in [0.717, 1.165) is 19.3 Å². The van der Waals surface area contributed by atoms with E-state index in [1.54, 1.807) is 0 Å². The van der Waals surface area contributed by atoms with Gasteiger partial charge >= 0.3 is 165 Å². The summed E-state index contributed by atoms with van der Waals surface area (Å²) in [6.45, 7) is 4.47. The van der Waals surface area contributed by atoms with Crippen molar-refractivity contribution in [1.29, 1.82) is 0 Å². The minimum absolute atomic E-state index is 0.101. The number of aromatic amines is 1. The number of nitrogens with zero attached hydrogens (tertiary/aromatic N) is 1. The van der Waals surface area contributed by atoms with Crippen molar-refractivity contribution in [2.75, 3.05) is 6.61 Å². The molecule has 9 heteroatoms. The molecule has 1 fully saturated rings. The Morgan fingerprint density at radius 2 is 2.08 bits per heavy atom. The fraction of sp³-hybridized carbons (Fsp3) is 0.706. The molecule has 26 heavy (non-hydrogen) atoms. The van der Waals surface area contributed by atoms with Gasteiger partial charge in [0.1, 0.15) is 0 Å². The summed E-state index contributed by atoms with van der Waals surface area (Å²) >= 11 is 0.101. The van der Waals surface area contributed by atoms with E-state index in [1.807, 2.05) is 13.8 Å². The van der Waals surface area contributed by atoms with Crippen LogP contribution in [0.4, 0.5) is 0 Å². The van der Waals surface area contributed by atoms with Crippen LogP contribution in [0.3, 0.4) is 0 Å². The molecule has 0 spiro atoms. The van der Waals surface area contributed by atoms with E-state index in [-0.39, 0.29) is 25.8 Å². The average molecular weight is 475 g/mol. The first-order valence-corrected chi connectivity index (χ1v) is 11.1. The minimum atomic E-state index is -1.49. The molecule has 0 radical (unpaired) electrons. The molecule has 1 aromatic rings. The standard InChI is InChI=1S/C17H26N2O6.Sn.2H/c1-3-5-8-17(23)14(24-10-6-4-2)12(11-20)25-15(17)19-9-7-13(21)18-16(19)22;;;/h7,9,12,14-15,20,23H,3-6,8,10H2,1-2H3,(H,18,21,22);;;/t12-,14-,15-,17-;;;/m1.../s1. The second-order valence-electron chi connectivity index (χ2n) is 6.66. The van der Waals surface area contributed by atoms with Gasteiger partial charge in [0.15, 0.2) is 0 Å². The number of nitrogens with one attached hydrogen (secondary N) is 1. The first kappa shape index (κ1) is 21.5. The number of aromatic nitrogens is 2. The second kappa shape index (κ2) is 9.40. The Labute approximate surface area is 164 Å². The second-order valence-corrected chi connectivity index (χ2v) is 8.73. The van der Waals surface area contributed by atoms with Crippen molar-refractivity contribution in [2.45, 2.75) is 70.0 Å². The van der Waals surface area contributed by atoms with Gasteiger partial charge in [0.2, 0.25) is 0 Å². The van der Waals surface area contributed by atoms with Gasteiger partial charge in [0, 0.05) is 0 Å². The summed E-state index contributed by atoms with van der Waals surface area (Å²) in [5, 5.41) is 21.6. The summed E-state index contributed by atoms with van der Waals surface area (Å²) in [5.74, 6) is 0. The molecule has 0 amide bonds. The summed E-state index contributed by atoms with van der Waals surface area (Å²) in [7, 11) is 0. The molecule has 1 saturated heterocycles. The van der Waals surface area contributed by atoms with Crippen molar-refractivity contribution >= 4 is 25.8 Å². The number of aliphatic hydroxyl groups is 2. The van der Waals surface area contributed by atoms with Crippen LogP contribution in [0.2, 0.25) is 0 Å². The zero-order valence-electron chi connectivity index (χ0n) is 15.3. The molecular weight excluding hydrogens is 447 g/mol. The van der Waals surface area contributed by atoms with E-state index in [1.165, 1.54) is 16.8 Å². The molecule has 0 bridgehead atoms. The Bertz CT molecular complexity index is 732. The number of ether oxygens (including phenoxy) is 2. The van der Waals surface area contributed by atoms with Gasteiger partial charge in [0.25, 0.3) is 0 Å². The molecule has 2 rings (SSSR count). The van der Waals surface area contributed by atoms with Crippen molar-refractivity contribution < 1.29 is 19.7 Å². The summed E-state index contributed by atoms with van der Waals surface area (Å²) in [6.07, 6.45) is 2.37. The number of rotatable bonds is 9. The van der Waals surface area contributed by atoms with Crippen molar-refractivity contribution in [3.63, 3.8) is 0 Å². The van der Waals surface area contributed by atoms with Crippen molar-refractivity contribution in [1.82, 2.24) is 9.55 Å². The molecule has 4 atom stereocenters. The van der Waals surface area contributed by atoms with Gasteiger partial charge in [-0.25, -0.2) is 0 Å². The molecule has 1 aliphatic rings. The van der Waals surface area contributed by atoms with Crippen molar-refractivity contribution in [3.8, 4) is 0 Å². The maximum atomic E-state index is 12.2. The zero-order chi connectivity index (χ0) is 19.3. The Hall–Kier alpha value is -0.811. The molecule has 146 valence electrons. The number of hydrogen-bond donors (Lipinski definition) is 3. The SMILES string of the molecule is CCCCO[C@@H]1[C@@H]([C](O)=[SnH2])O[C@@H](n2ccc(=O)[nH]c2=O)[C@@]1(O)CCCC. The van der Waals surface area contributed by atoms with E-state index in [0.29, 0.717) is 19.4 Å². The Kier molecular flexibility index (Phi) is 7.77. The predicted molar refractivity (Wildman–Crippen MR) is 99.8 cm³/mol. The topological polar surface area (TPSA) is 114 Å². The van der Waals surface area contributed by atoms with E-state index in [2.05, 4.69) is 4.98 Å². The van der Waals surface area contributed by atoms with Gasteiger partial charge in [-0.2, -0.15) is 0 Å². The normalized spacial score (nSPS) is 28.4. The van der Waals surface area contributed by atoms with E-state index in [4.69, 9.17) is 9.47 Å². The molecule has 8 nitrogen and oxygen atoms in total. The molecule has 1 aliphatic heterocycles. The van der Waals surface area contributed by atoms with Crippen LogP contribution >= 0.6 is 0 Å². The zero-order valence-corrected chi connectivity index (χ0v) is 19.3. The first-order valence-electron chi connectivity index (χ1n) is 9.03. The van der Waals surface area contributed by atoms with Gasteiger partial charge in [-0.3, -0.25) is 0 Å². The maximum absolute atomic E-state index is 12.2. The van der Waals surface area contributed by atoms with Gasteiger partial charge in [-0.15, -0.1) is 0 Å². The monoisotopic (exact) mass is 476 g/mol. The summed E-state index contributed by atoms with van der Waals surface area (Å²) in [5.41, 5.74) is -2.67. The average Bonchev–Trinajstić information content (AvgIpc) is 2.87. The number of aliphatic hydroxyl groups excluding tert-OH is 1. The van der Waals surface area contributed by atoms with Gasteiger partial charge in [-0.05, 0) is 0 Å². The fourth-order valence-corrected chi connectivity index (χ4v) is 4.10. The van der Waals surface area contributed by atoms with Crippen LogP contribution < -0.4 is 11.2 Å². The quantitative estimate of drug-likeness (QED) is 0.334. The van der Waals surface area contributed by atoms with Gasteiger partial charge < -0.3 is 0 Å². The van der Waals surface area contributed by atoms with Crippen LogP contribution in [0.25, 0.3) is 0 Å². The summed E-state index contributed by atoms with van der Waals surface area (Å²) < 4.78 is 13.1. The Balaban J connectivity index is 2.45. The number of hydrogen-bond acceptors (Lipinski definition) is 6. The van der Waals surface area contributed by atoms with Crippen LogP contribution in [-0.4, -0.2) is 69.9 Å². The molecule has 0 saturated carbocycles. The predicted octanol–water partition coefficient (Wildman–Crippen LogP) is -0.324. The van der Waals surface area contributed by atoms with E-state index >= 15 is 0 Å². The van der Waals surface area contributed by atoms with Crippen LogP contribution in [-0.2, 0) is 9.47 Å². The van der Waals surface area contributed by atoms with Crippen LogP contribution in [0, 0.1) is 0 Å². The molecule has 1 aromatic heterocycles. The molecule has 0 unspecified atom stereocenters. The van der Waals surface area contributed by atoms with Crippen LogP contribution in [0.15, 0.2) is 21.9 Å². The first-order chi connectivity index (χ1) is 12.3. The Morgan fingerprint density at radius 1 is 1.38 bits per heavy atom. The third-order valence-corrected chi connectivity index (χ3v) is 5.78. The third kappa shape index (κ3) is 4.53. The van der Waals surface area contributed by atoms with Crippen LogP contribution in [0.5, 0.6) is 0 Å². The van der Waals surface area contributed by atoms with Crippen molar-refractivity contribution in [2.24, 2.45) is 0 Å². The van der Waals surface area contributed by atoms with Crippen LogP contribution in [0.1, 0.15) is 52.2 Å². The number of unbranched alkanes of at least 4 members (excludes halogenated alkanes) is 2. The van der Waals surface area contributed by atoms with E-state index in [9.17, 15) is 19.8 Å². The van der Waals surface area contributed by atoms with Gasteiger partial charge in [0.05, 0.1) is 0 Å². The van der Waals surface area contributed by atoms with Gasteiger partial charge in [-0.1, -0.05) is 0 Å². The summed E-state index contributed by atoms with van der Waals surface area (Å²) in [6, 6.07) is 1.21. The fourth-order valence-electron chi connectivity index (χ4n) is 3.21. The molecule has 0 aromatic carbocycles. The summed E-state index contributed by atoms with van der Waals surface area (Å²) in [4.78, 5) is 25.8. The molecule has 0 aliphatic carbocycles. The molecule has 2 heterocycles. The van der Waals surface area contributed by atoms with Crippen molar-refractivity contribution in [3.05, 3.63) is 33.1 Å². The molecular formula is C17H28N2O6Sn.